The molecule has 0 atom stereocenters. The van der Waals surface area contributed by atoms with E-state index in [4.69, 9.17) is 5.26 Å². The summed E-state index contributed by atoms with van der Waals surface area (Å²) in [5.41, 5.74) is 1.01. The van der Waals surface area contributed by atoms with Crippen molar-refractivity contribution >= 4 is 34.8 Å². The van der Waals surface area contributed by atoms with E-state index in [0.29, 0.717) is 16.1 Å². The largest absolute Gasteiger partial charge is 0.322 e. The molecule has 3 aromatic rings. The van der Waals surface area contributed by atoms with Crippen molar-refractivity contribution in [1.29, 1.82) is 5.26 Å². The van der Waals surface area contributed by atoms with Gasteiger partial charge in [-0.2, -0.15) is 5.26 Å². The molecule has 3 rings (SSSR count). The lowest BCUT2D eigenvalue weighted by molar-refractivity contribution is -0.387. The van der Waals surface area contributed by atoms with Crippen LogP contribution < -0.4 is 5.32 Å². The van der Waals surface area contributed by atoms with Crippen LogP contribution in [0.4, 0.5) is 11.4 Å². The topological polar surface area (TPSA) is 113 Å². The van der Waals surface area contributed by atoms with Crippen molar-refractivity contribution in [2.45, 2.75) is 4.90 Å². The number of benzene rings is 3. The van der Waals surface area contributed by atoms with Gasteiger partial charge in [-0.3, -0.25) is 19.7 Å². The number of nitrogens with one attached hydrogen (secondary N) is 1. The molecular weight excluding hydrogens is 402 g/mol. The van der Waals surface area contributed by atoms with E-state index in [9.17, 15) is 19.7 Å². The van der Waals surface area contributed by atoms with Crippen LogP contribution in [0.15, 0.2) is 71.6 Å². The fourth-order valence-corrected chi connectivity index (χ4v) is 3.42. The second-order valence-electron chi connectivity index (χ2n) is 6.17. The molecule has 3 aromatic carbocycles. The number of nitrogens with zero attached hydrogens (tertiary/aromatic N) is 2. The predicted octanol–water partition coefficient (Wildman–Crippen LogP) is 4.67. The zero-order valence-corrected chi connectivity index (χ0v) is 16.6. The van der Waals surface area contributed by atoms with Gasteiger partial charge in [0.2, 0.25) is 0 Å². The van der Waals surface area contributed by atoms with Crippen LogP contribution >= 0.6 is 11.8 Å². The third-order valence-electron chi connectivity index (χ3n) is 4.30. The second kappa shape index (κ2) is 9.03. The number of nitriles is 1. The van der Waals surface area contributed by atoms with Crippen LogP contribution in [0, 0.1) is 21.4 Å². The molecule has 148 valence electrons. The summed E-state index contributed by atoms with van der Waals surface area (Å²) in [4.78, 5) is 37.1. The van der Waals surface area contributed by atoms with Crippen LogP contribution in [0.1, 0.15) is 31.8 Å². The Labute approximate surface area is 176 Å². The lowest BCUT2D eigenvalue weighted by atomic mass is 9.97. The Balaban J connectivity index is 1.96. The van der Waals surface area contributed by atoms with Gasteiger partial charge in [-0.15, -0.1) is 11.8 Å². The van der Waals surface area contributed by atoms with Crippen LogP contribution in [0.2, 0.25) is 0 Å². The first kappa shape index (κ1) is 20.8. The van der Waals surface area contributed by atoms with Crippen LogP contribution in [-0.4, -0.2) is 22.9 Å². The highest BCUT2D eigenvalue weighted by Gasteiger charge is 2.22. The minimum Gasteiger partial charge on any atom is -0.322 e. The van der Waals surface area contributed by atoms with Gasteiger partial charge in [0, 0.05) is 22.9 Å². The molecule has 0 aliphatic rings. The lowest BCUT2D eigenvalue weighted by Gasteiger charge is -2.10. The fraction of sp³-hybridized carbons (Fsp3) is 0.0455. The SMILES string of the molecule is CSc1ccc(C(=O)c2ccccc2C(=O)Nc2cccc(C#N)c2)cc1[N+](=O)[O-]. The number of hydrogen-bond donors (Lipinski definition) is 1. The molecule has 0 unspecified atom stereocenters. The summed E-state index contributed by atoms with van der Waals surface area (Å²) in [5, 5.41) is 23.0. The van der Waals surface area contributed by atoms with Gasteiger partial charge in [-0.1, -0.05) is 24.3 Å². The van der Waals surface area contributed by atoms with Crippen molar-refractivity contribution in [3.05, 3.63) is 99.1 Å². The first-order chi connectivity index (χ1) is 14.4. The summed E-state index contributed by atoms with van der Waals surface area (Å²) in [6.45, 7) is 0. The molecule has 8 heteroatoms. The van der Waals surface area contributed by atoms with Gasteiger partial charge in [0.1, 0.15) is 0 Å². The van der Waals surface area contributed by atoms with Gasteiger partial charge in [-0.05, 0) is 42.7 Å². The van der Waals surface area contributed by atoms with E-state index in [-0.39, 0.29) is 22.4 Å². The molecule has 0 aliphatic heterocycles. The number of anilines is 1. The second-order valence-corrected chi connectivity index (χ2v) is 7.01. The van der Waals surface area contributed by atoms with E-state index >= 15 is 0 Å². The van der Waals surface area contributed by atoms with E-state index in [1.807, 2.05) is 6.07 Å². The maximum absolute atomic E-state index is 13.0. The Morgan fingerprint density at radius 1 is 1.03 bits per heavy atom. The maximum atomic E-state index is 13.0. The van der Waals surface area contributed by atoms with E-state index < -0.39 is 16.6 Å². The summed E-state index contributed by atoms with van der Waals surface area (Å²) < 4.78 is 0. The zero-order chi connectivity index (χ0) is 21.7. The molecular formula is C22H15N3O4S. The summed E-state index contributed by atoms with van der Waals surface area (Å²) in [5.74, 6) is -1.02. The highest BCUT2D eigenvalue weighted by atomic mass is 32.2. The standard InChI is InChI=1S/C22H15N3O4S/c1-30-20-10-9-15(12-19(20)25(28)29)21(26)17-7-2-3-8-18(17)22(27)24-16-6-4-5-14(11-16)13-23/h2-12H,1H3,(H,24,27). The van der Waals surface area contributed by atoms with E-state index in [2.05, 4.69) is 5.32 Å². The number of carbonyl (C=O) groups is 2. The first-order valence-corrected chi connectivity index (χ1v) is 9.94. The van der Waals surface area contributed by atoms with Gasteiger partial charge in [0.25, 0.3) is 11.6 Å². The molecule has 0 bridgehead atoms. The summed E-state index contributed by atoms with van der Waals surface area (Å²) >= 11 is 1.21. The summed E-state index contributed by atoms with van der Waals surface area (Å²) in [6.07, 6.45) is 1.71. The molecule has 0 saturated carbocycles. The molecule has 0 saturated heterocycles. The Bertz CT molecular complexity index is 1200. The number of nitro groups is 1. The van der Waals surface area contributed by atoms with Gasteiger partial charge in [0.05, 0.1) is 27.0 Å². The highest BCUT2D eigenvalue weighted by Crippen LogP contribution is 2.29. The normalized spacial score (nSPS) is 10.1. The number of rotatable bonds is 6. The van der Waals surface area contributed by atoms with Gasteiger partial charge in [-0.25, -0.2) is 0 Å². The molecule has 0 radical (unpaired) electrons. The molecule has 0 aliphatic carbocycles. The van der Waals surface area contributed by atoms with Crippen molar-refractivity contribution < 1.29 is 14.5 Å². The molecule has 0 aromatic heterocycles. The Morgan fingerprint density at radius 2 is 1.77 bits per heavy atom. The average molecular weight is 417 g/mol. The average Bonchev–Trinajstić information content (AvgIpc) is 2.78. The van der Waals surface area contributed by atoms with Crippen LogP contribution in [0.25, 0.3) is 0 Å². The van der Waals surface area contributed by atoms with Gasteiger partial charge >= 0.3 is 0 Å². The number of ketones is 1. The zero-order valence-electron chi connectivity index (χ0n) is 15.8. The third kappa shape index (κ3) is 4.37. The number of thioether (sulfide) groups is 1. The Hall–Kier alpha value is -3.96. The third-order valence-corrected chi connectivity index (χ3v) is 5.09. The number of nitro benzene ring substituents is 1. The fourth-order valence-electron chi connectivity index (χ4n) is 2.87. The van der Waals surface area contributed by atoms with Crippen molar-refractivity contribution in [3.63, 3.8) is 0 Å². The van der Waals surface area contributed by atoms with Crippen molar-refractivity contribution in [2.24, 2.45) is 0 Å². The Morgan fingerprint density at radius 3 is 2.43 bits per heavy atom. The Kier molecular flexibility index (Phi) is 6.25. The van der Waals surface area contributed by atoms with E-state index in [0.717, 1.165) is 0 Å². The van der Waals surface area contributed by atoms with Crippen molar-refractivity contribution in [2.75, 3.05) is 11.6 Å². The smallest absolute Gasteiger partial charge is 0.283 e. The van der Waals surface area contributed by atoms with E-state index in [1.165, 1.54) is 48.2 Å². The minimum atomic E-state index is -0.538. The minimum absolute atomic E-state index is 0.117. The molecule has 0 heterocycles. The van der Waals surface area contributed by atoms with E-state index in [1.54, 1.807) is 36.6 Å². The first-order valence-electron chi connectivity index (χ1n) is 8.72. The molecule has 7 nitrogen and oxygen atoms in total. The monoisotopic (exact) mass is 417 g/mol. The lowest BCUT2D eigenvalue weighted by Crippen LogP contribution is -2.17. The summed E-state index contributed by atoms with van der Waals surface area (Å²) in [7, 11) is 0. The van der Waals surface area contributed by atoms with Crippen molar-refractivity contribution in [1.82, 2.24) is 0 Å². The van der Waals surface area contributed by atoms with Crippen LogP contribution in [0.5, 0.6) is 0 Å². The molecule has 0 spiro atoms. The number of carbonyl (C=O) groups excluding carboxylic acids is 2. The predicted molar refractivity (Wildman–Crippen MR) is 114 cm³/mol. The molecule has 1 amide bonds. The highest BCUT2D eigenvalue weighted by molar-refractivity contribution is 7.98. The van der Waals surface area contributed by atoms with Crippen LogP contribution in [0.3, 0.4) is 0 Å². The number of hydrogen-bond acceptors (Lipinski definition) is 6. The number of amides is 1. The van der Waals surface area contributed by atoms with Crippen LogP contribution in [-0.2, 0) is 0 Å². The molecule has 30 heavy (non-hydrogen) atoms. The summed E-state index contributed by atoms with van der Waals surface area (Å²) in [6, 6.07) is 18.9. The van der Waals surface area contributed by atoms with Gasteiger partial charge in [0.15, 0.2) is 5.78 Å². The van der Waals surface area contributed by atoms with Gasteiger partial charge < -0.3 is 5.32 Å². The van der Waals surface area contributed by atoms with Crippen molar-refractivity contribution in [3.8, 4) is 6.07 Å². The molecule has 1 N–H and O–H groups in total. The quantitative estimate of drug-likeness (QED) is 0.270. The molecule has 0 fully saturated rings. The maximum Gasteiger partial charge on any atom is 0.283 e.